The minimum Gasteiger partial charge on any atom is -0.456 e. The summed E-state index contributed by atoms with van der Waals surface area (Å²) in [7, 11) is 0. The first kappa shape index (κ1) is 11.9. The number of hydrogen-bond acceptors (Lipinski definition) is 4. The molecule has 3 heterocycles. The van der Waals surface area contributed by atoms with Gasteiger partial charge in [-0.1, -0.05) is 127 Å². The summed E-state index contributed by atoms with van der Waals surface area (Å²) < 4.78 is 253. The van der Waals surface area contributed by atoms with Crippen LogP contribution in [0, 0.1) is 0 Å². The Hall–Kier alpha value is -6.85. The molecule has 0 radical (unpaired) electrons. The molecule has 0 aliphatic heterocycles. The second kappa shape index (κ2) is 11.4. The smallest absolute Gasteiger partial charge is 0.164 e. The molecule has 0 aliphatic carbocycles. The number of benzene rings is 7. The van der Waals surface area contributed by atoms with Crippen molar-refractivity contribution in [1.82, 2.24) is 19.5 Å². The normalized spacial score (nSPS) is 19.4. The fourth-order valence-electron chi connectivity index (χ4n) is 5.28. The predicted octanol–water partition coefficient (Wildman–Crippen LogP) is 11.5. The molecule has 7 aromatic carbocycles. The van der Waals surface area contributed by atoms with Gasteiger partial charge in [-0.2, -0.15) is 0 Å². The van der Waals surface area contributed by atoms with Crippen LogP contribution >= 0.6 is 0 Å². The Morgan fingerprint density at radius 3 is 1.64 bits per heavy atom. The van der Waals surface area contributed by atoms with Crippen molar-refractivity contribution in [1.29, 1.82) is 0 Å². The van der Waals surface area contributed by atoms with Crippen LogP contribution in [0.2, 0.25) is 0 Å². The topological polar surface area (TPSA) is 56.7 Å². The summed E-state index contributed by atoms with van der Waals surface area (Å²) in [6, 6.07) is -24.8. The first-order valence-corrected chi connectivity index (χ1v) is 14.4. The average Bonchev–Trinajstić information content (AvgIpc) is 3.95. The van der Waals surface area contributed by atoms with Crippen LogP contribution in [0.25, 0.3) is 94.7 Å². The lowest BCUT2D eigenvalue weighted by Crippen LogP contribution is -2.00. The Balaban J connectivity index is 1.38. The van der Waals surface area contributed by atoms with Gasteiger partial charge in [0.2, 0.25) is 0 Å². The number of fused-ring (bicyclic) bond motifs is 6. The third kappa shape index (κ3) is 4.67. The standard InChI is InChI=1S/C45H28N4O/c1-4-12-29(13-5-1)32-21-25-41-38(26-32)37-24-22-34(28-42(37)50-41)49-39-19-11-10-18-35(39)36-23-20-33(27-40(36)49)45-47-43(30-14-6-2-7-15-30)46-44(48-45)31-16-8-3-9-17-31/h1-28H/i1D,2D,3D,4D,5D,6D,7D,8D,9D,10D,11D,12D,13D,14D,15D,16D,17D,18D,19D,20D,21D,22D,23D,24D,25D,26D,27D,28D. The molecule has 0 unspecified atom stereocenters. The lowest BCUT2D eigenvalue weighted by atomic mass is 10.0. The maximum absolute atomic E-state index is 9.92. The van der Waals surface area contributed by atoms with Gasteiger partial charge in [0, 0.05) is 50.0 Å². The van der Waals surface area contributed by atoms with Crippen LogP contribution in [0.4, 0.5) is 0 Å². The van der Waals surface area contributed by atoms with E-state index in [0.29, 0.717) is 0 Å². The number of rotatable bonds is 5. The summed E-state index contributed by atoms with van der Waals surface area (Å²) in [5.74, 6) is -2.53. The van der Waals surface area contributed by atoms with Gasteiger partial charge in [-0.15, -0.1) is 0 Å². The lowest BCUT2D eigenvalue weighted by molar-refractivity contribution is 0.668. The summed E-state index contributed by atoms with van der Waals surface area (Å²) in [6.45, 7) is 0. The predicted molar refractivity (Wildman–Crippen MR) is 203 cm³/mol. The Bertz CT molecular complexity index is 4320. The minimum atomic E-state index is -0.999. The highest BCUT2D eigenvalue weighted by molar-refractivity contribution is 6.11. The molecule has 10 aromatic rings. The SMILES string of the molecule is [2H]c1c([2H])c([2H])c(-c2nc(-c3c([2H])c([2H])c([2H])c([2H])c3[2H])nc(-c3c([2H])c([2H])c4c5c([2H])c([2H])c([2H])c([2H])c5n(-c5c([2H])c([2H])c6c(oc7c([2H])c([2H])c(-c8c([2H])c([2H])c([2H])c([2H])c8[2H])c([2H])c76)c5[2H])c4c3[2H])n2)c([2H])c1[2H]. The molecule has 3 aromatic heterocycles. The third-order valence-electron chi connectivity index (χ3n) is 7.43. The summed E-state index contributed by atoms with van der Waals surface area (Å²) >= 11 is 0. The van der Waals surface area contributed by atoms with E-state index >= 15 is 0 Å². The van der Waals surface area contributed by atoms with E-state index < -0.39 is 264 Å². The van der Waals surface area contributed by atoms with Gasteiger partial charge in [0.25, 0.3) is 0 Å². The van der Waals surface area contributed by atoms with Crippen LogP contribution in [0.5, 0.6) is 0 Å². The monoisotopic (exact) mass is 668 g/mol. The molecule has 0 atom stereocenters. The van der Waals surface area contributed by atoms with Gasteiger partial charge in [-0.05, 0) is 47.4 Å². The van der Waals surface area contributed by atoms with Gasteiger partial charge < -0.3 is 8.98 Å². The van der Waals surface area contributed by atoms with E-state index in [-0.39, 0.29) is 0 Å². The largest absolute Gasteiger partial charge is 0.456 e. The Morgan fingerprint density at radius 2 is 0.940 bits per heavy atom. The Morgan fingerprint density at radius 1 is 0.380 bits per heavy atom. The van der Waals surface area contributed by atoms with Crippen molar-refractivity contribution in [3.05, 3.63) is 169 Å². The van der Waals surface area contributed by atoms with Gasteiger partial charge in [0.15, 0.2) is 17.5 Å². The fourth-order valence-corrected chi connectivity index (χ4v) is 5.28. The second-order valence-corrected chi connectivity index (χ2v) is 10.3. The summed E-state index contributed by atoms with van der Waals surface area (Å²) in [4.78, 5) is 12.8. The van der Waals surface area contributed by atoms with Crippen molar-refractivity contribution < 1.29 is 42.8 Å². The summed E-state index contributed by atoms with van der Waals surface area (Å²) in [6.07, 6.45) is 0. The maximum atomic E-state index is 9.92. The fraction of sp³-hybridized carbons (Fsp3) is 0. The molecule has 0 aliphatic rings. The summed E-state index contributed by atoms with van der Waals surface area (Å²) in [5, 5.41) is -2.18. The van der Waals surface area contributed by atoms with Gasteiger partial charge in [-0.25, -0.2) is 15.0 Å². The van der Waals surface area contributed by atoms with Crippen LogP contribution in [0.1, 0.15) is 38.4 Å². The van der Waals surface area contributed by atoms with Crippen molar-refractivity contribution in [3.8, 4) is 51.0 Å². The quantitative estimate of drug-likeness (QED) is 0.183. The lowest BCUT2D eigenvalue weighted by Gasteiger charge is -2.10. The number of nitrogens with zero attached hydrogens (tertiary/aromatic N) is 4. The number of furan rings is 1. The zero-order valence-electron chi connectivity index (χ0n) is 52.7. The molecule has 0 saturated heterocycles. The molecule has 0 N–H and O–H groups in total. The molecule has 5 nitrogen and oxygen atoms in total. The zero-order chi connectivity index (χ0) is 57.4. The first-order chi connectivity index (χ1) is 36.4. The maximum Gasteiger partial charge on any atom is 0.164 e. The minimum absolute atomic E-state index is 0.508. The summed E-state index contributed by atoms with van der Waals surface area (Å²) in [5.41, 5.74) is -7.07. The van der Waals surface area contributed by atoms with E-state index in [1.165, 1.54) is 0 Å². The average molecular weight is 669 g/mol. The molecular weight excluding hydrogens is 613 g/mol. The first-order valence-electron chi connectivity index (χ1n) is 28.4. The van der Waals surface area contributed by atoms with Crippen LogP contribution in [-0.2, 0) is 0 Å². The van der Waals surface area contributed by atoms with E-state index in [4.69, 9.17) is 31.8 Å². The van der Waals surface area contributed by atoms with E-state index in [9.17, 15) is 11.0 Å². The van der Waals surface area contributed by atoms with E-state index in [0.717, 1.165) is 4.57 Å². The number of para-hydroxylation sites is 1. The van der Waals surface area contributed by atoms with Crippen LogP contribution in [0.15, 0.2) is 174 Å². The molecular formula is C45H28N4O. The van der Waals surface area contributed by atoms with Crippen molar-refractivity contribution in [2.45, 2.75) is 0 Å². The number of aromatic nitrogens is 4. The molecule has 10 rings (SSSR count). The highest BCUT2D eigenvalue weighted by Gasteiger charge is 2.18. The molecule has 0 amide bonds. The zero-order valence-corrected chi connectivity index (χ0v) is 24.7. The third-order valence-corrected chi connectivity index (χ3v) is 7.43. The van der Waals surface area contributed by atoms with E-state index in [1.807, 2.05) is 0 Å². The van der Waals surface area contributed by atoms with Crippen molar-refractivity contribution >= 4 is 43.7 Å². The Kier molecular flexibility index (Phi) is 2.72. The molecule has 0 bridgehead atoms. The van der Waals surface area contributed by atoms with Crippen molar-refractivity contribution in [2.24, 2.45) is 0 Å². The molecule has 0 spiro atoms. The highest BCUT2D eigenvalue weighted by Crippen LogP contribution is 2.38. The molecule has 50 heavy (non-hydrogen) atoms. The number of hydrogen-bond donors (Lipinski definition) is 0. The van der Waals surface area contributed by atoms with Crippen molar-refractivity contribution in [2.75, 3.05) is 0 Å². The van der Waals surface area contributed by atoms with Gasteiger partial charge in [0.1, 0.15) is 11.2 Å². The van der Waals surface area contributed by atoms with E-state index in [1.54, 1.807) is 0 Å². The molecule has 0 fully saturated rings. The van der Waals surface area contributed by atoms with Crippen LogP contribution in [0.3, 0.4) is 0 Å². The van der Waals surface area contributed by atoms with Gasteiger partial charge in [-0.3, -0.25) is 0 Å². The van der Waals surface area contributed by atoms with Crippen LogP contribution in [-0.4, -0.2) is 19.5 Å². The Labute approximate surface area is 327 Å². The molecule has 0 saturated carbocycles. The van der Waals surface area contributed by atoms with Gasteiger partial charge >= 0.3 is 0 Å². The van der Waals surface area contributed by atoms with Gasteiger partial charge in [0.05, 0.1) is 49.4 Å². The molecule has 5 heteroatoms. The van der Waals surface area contributed by atoms with E-state index in [2.05, 4.69) is 15.0 Å². The second-order valence-electron chi connectivity index (χ2n) is 10.3. The molecule has 234 valence electrons. The van der Waals surface area contributed by atoms with Crippen molar-refractivity contribution in [3.63, 3.8) is 0 Å². The van der Waals surface area contributed by atoms with Crippen LogP contribution < -0.4 is 0 Å². The highest BCUT2D eigenvalue weighted by atomic mass is 16.3.